The lowest BCUT2D eigenvalue weighted by Gasteiger charge is -2.41. The van der Waals surface area contributed by atoms with Gasteiger partial charge < -0.3 is 119 Å². The molecule has 504 valence electrons. The standard InChI is InChI=1S/C58H104O28/c1-5-9-13-17-32(62)21-33(63)22-44(66)78-35(19-15-11-7-3)24-38(82-57-54(76)51(73)48(70)41(30-60)85-57)27-46(68)80-36(20-16-12-8-4)25-39(83-58-55(77)52(74)49(71)42(31-61)86-58)28-45(67)79-34(18-14-10-6-2)23-37(26-43(64)65)81-56-53(75)50(72)47(69)40(29-59)84-56/h32-42,47-63,69-77H,5-31H2,1-4H3,(H,64,65). The lowest BCUT2D eigenvalue weighted by atomic mass is 9.98. The number of carbonyl (C=O) groups is 4. The van der Waals surface area contributed by atoms with E-state index in [9.17, 15) is 95.8 Å². The molecule has 3 aliphatic rings. The van der Waals surface area contributed by atoms with Crippen LogP contribution < -0.4 is 0 Å². The fourth-order valence-corrected chi connectivity index (χ4v) is 10.7. The van der Waals surface area contributed by atoms with Crippen molar-refractivity contribution in [2.75, 3.05) is 19.8 Å². The van der Waals surface area contributed by atoms with Crippen LogP contribution in [-0.4, -0.2) is 261 Å². The van der Waals surface area contributed by atoms with Crippen LogP contribution in [0, 0.1) is 0 Å². The van der Waals surface area contributed by atoms with Gasteiger partial charge in [-0.15, -0.1) is 0 Å². The van der Waals surface area contributed by atoms with Crippen LogP contribution in [0.15, 0.2) is 0 Å². The van der Waals surface area contributed by atoms with Crippen LogP contribution in [0.3, 0.4) is 0 Å². The average molecular weight is 1250 g/mol. The molecule has 28 nitrogen and oxygen atoms in total. The molecule has 0 radical (unpaired) electrons. The Labute approximate surface area is 503 Å². The van der Waals surface area contributed by atoms with E-state index >= 15 is 0 Å². The minimum absolute atomic E-state index is 0.0792. The minimum Gasteiger partial charge on any atom is -0.481 e. The number of esters is 3. The van der Waals surface area contributed by atoms with Gasteiger partial charge in [-0.05, 0) is 51.4 Å². The molecule has 0 aliphatic carbocycles. The molecule has 0 spiro atoms. The van der Waals surface area contributed by atoms with Crippen LogP contribution >= 0.6 is 0 Å². The Morgan fingerprint density at radius 3 is 0.942 bits per heavy atom. The van der Waals surface area contributed by atoms with Gasteiger partial charge in [0.2, 0.25) is 0 Å². The third kappa shape index (κ3) is 26.9. The van der Waals surface area contributed by atoms with Crippen molar-refractivity contribution in [1.82, 2.24) is 0 Å². The minimum atomic E-state index is -1.96. The van der Waals surface area contributed by atoms with Gasteiger partial charge in [0.05, 0.1) is 76.0 Å². The summed E-state index contributed by atoms with van der Waals surface area (Å²) in [5, 5.41) is 157. The molecule has 3 rings (SSSR count). The molecule has 0 saturated carbocycles. The van der Waals surface area contributed by atoms with Gasteiger partial charge in [0.1, 0.15) is 91.6 Å². The molecule has 23 atom stereocenters. The Morgan fingerprint density at radius 1 is 0.360 bits per heavy atom. The summed E-state index contributed by atoms with van der Waals surface area (Å²) in [4.78, 5) is 54.3. The van der Waals surface area contributed by atoms with Gasteiger partial charge in [-0.2, -0.15) is 0 Å². The number of hydrogen-bond acceptors (Lipinski definition) is 27. The number of carboxylic acid groups (broad SMARTS) is 1. The molecule has 3 saturated heterocycles. The maximum atomic E-state index is 14.4. The summed E-state index contributed by atoms with van der Waals surface area (Å²) in [6, 6.07) is 0. The molecule has 23 unspecified atom stereocenters. The Kier molecular flexibility index (Phi) is 37.3. The van der Waals surface area contributed by atoms with E-state index in [1.165, 1.54) is 0 Å². The van der Waals surface area contributed by atoms with E-state index in [4.69, 9.17) is 42.6 Å². The number of aliphatic hydroxyl groups is 14. The molecule has 0 aromatic rings. The molecule has 15 N–H and O–H groups in total. The second kappa shape index (κ2) is 41.5. The van der Waals surface area contributed by atoms with Crippen molar-refractivity contribution in [2.24, 2.45) is 0 Å². The zero-order chi connectivity index (χ0) is 64.0. The number of carbonyl (C=O) groups excluding carboxylic acids is 3. The van der Waals surface area contributed by atoms with Gasteiger partial charge in [-0.3, -0.25) is 19.2 Å². The summed E-state index contributed by atoms with van der Waals surface area (Å²) >= 11 is 0. The summed E-state index contributed by atoms with van der Waals surface area (Å²) in [5.41, 5.74) is 0. The summed E-state index contributed by atoms with van der Waals surface area (Å²) in [7, 11) is 0. The van der Waals surface area contributed by atoms with E-state index in [0.717, 1.165) is 32.1 Å². The van der Waals surface area contributed by atoms with Gasteiger partial charge in [0.25, 0.3) is 0 Å². The Morgan fingerprint density at radius 2 is 0.651 bits per heavy atom. The predicted octanol–water partition coefficient (Wildman–Crippen LogP) is -0.474. The van der Waals surface area contributed by atoms with Gasteiger partial charge >= 0.3 is 23.9 Å². The van der Waals surface area contributed by atoms with Crippen molar-refractivity contribution in [2.45, 2.75) is 323 Å². The maximum absolute atomic E-state index is 14.4. The van der Waals surface area contributed by atoms with E-state index in [2.05, 4.69) is 0 Å². The van der Waals surface area contributed by atoms with Gasteiger partial charge in [-0.1, -0.05) is 85.5 Å². The number of hydrogen-bond donors (Lipinski definition) is 15. The highest BCUT2D eigenvalue weighted by Crippen LogP contribution is 2.31. The van der Waals surface area contributed by atoms with Crippen molar-refractivity contribution in [1.29, 1.82) is 0 Å². The van der Waals surface area contributed by atoms with Crippen molar-refractivity contribution >= 4 is 23.9 Å². The SMILES string of the molecule is CCCCCC(O)CC(O)CC(=O)OC(CCCCC)CC(CC(=O)OC(CCCCC)CC(CC(=O)OC(CCCCC)CC(CC(=O)O)OC1OC(CO)C(O)C(O)C1O)OC1OC(CO)C(O)C(O)C1O)OC1OC(CO)C(O)C(O)C1O. The first-order chi connectivity index (χ1) is 40.9. The fraction of sp³-hybridized carbons (Fsp3) is 0.931. The molecule has 3 heterocycles. The number of ether oxygens (including phenoxy) is 9. The summed E-state index contributed by atoms with van der Waals surface area (Å²) in [6.45, 7) is 5.34. The number of unbranched alkanes of at least 4 members (excludes halogenated alkanes) is 8. The zero-order valence-corrected chi connectivity index (χ0v) is 50.4. The summed E-state index contributed by atoms with van der Waals surface area (Å²) < 4.78 is 53.0. The third-order valence-electron chi connectivity index (χ3n) is 15.7. The van der Waals surface area contributed by atoms with Gasteiger partial charge in [0, 0.05) is 19.3 Å². The molecule has 3 aliphatic heterocycles. The molecular weight excluding hydrogens is 1140 g/mol. The van der Waals surface area contributed by atoms with Crippen molar-refractivity contribution in [3.05, 3.63) is 0 Å². The van der Waals surface area contributed by atoms with Crippen molar-refractivity contribution in [3.8, 4) is 0 Å². The van der Waals surface area contributed by atoms with E-state index in [1.807, 2.05) is 27.7 Å². The highest BCUT2D eigenvalue weighted by molar-refractivity contribution is 5.71. The normalized spacial score (nSPS) is 30.7. The monoisotopic (exact) mass is 1250 g/mol. The van der Waals surface area contributed by atoms with Gasteiger partial charge in [-0.25, -0.2) is 0 Å². The van der Waals surface area contributed by atoms with Crippen LogP contribution in [0.5, 0.6) is 0 Å². The highest BCUT2D eigenvalue weighted by atomic mass is 16.7. The predicted molar refractivity (Wildman–Crippen MR) is 299 cm³/mol. The lowest BCUT2D eigenvalue weighted by molar-refractivity contribution is -0.313. The maximum Gasteiger partial charge on any atom is 0.308 e. The largest absolute Gasteiger partial charge is 0.481 e. The third-order valence-corrected chi connectivity index (χ3v) is 15.7. The van der Waals surface area contributed by atoms with E-state index in [-0.39, 0.29) is 44.9 Å². The fourth-order valence-electron chi connectivity index (χ4n) is 10.7. The van der Waals surface area contributed by atoms with Gasteiger partial charge in [0.15, 0.2) is 18.9 Å². The second-order valence-electron chi connectivity index (χ2n) is 23.1. The number of aliphatic hydroxyl groups excluding tert-OH is 14. The Hall–Kier alpha value is -2.92. The Bertz CT molecular complexity index is 1870. The first-order valence-electron chi connectivity index (χ1n) is 31.0. The first-order valence-corrected chi connectivity index (χ1v) is 31.0. The van der Waals surface area contributed by atoms with Crippen LogP contribution in [-0.2, 0) is 61.8 Å². The molecule has 0 aromatic carbocycles. The molecular formula is C58H104O28. The molecule has 28 heteroatoms. The van der Waals surface area contributed by atoms with Crippen molar-refractivity contribution < 1.29 is 138 Å². The van der Waals surface area contributed by atoms with Crippen LogP contribution in [0.2, 0.25) is 0 Å². The number of aliphatic carboxylic acids is 1. The first kappa shape index (κ1) is 77.3. The lowest BCUT2D eigenvalue weighted by Crippen LogP contribution is -2.60. The zero-order valence-electron chi connectivity index (χ0n) is 50.4. The van der Waals surface area contributed by atoms with E-state index in [1.54, 1.807) is 0 Å². The molecule has 0 bridgehead atoms. The number of rotatable bonds is 44. The topological polar surface area (TPSA) is 455 Å². The quantitative estimate of drug-likeness (QED) is 0.0208. The molecule has 3 fully saturated rings. The smallest absolute Gasteiger partial charge is 0.308 e. The second-order valence-corrected chi connectivity index (χ2v) is 23.1. The molecule has 86 heavy (non-hydrogen) atoms. The average Bonchev–Trinajstić information content (AvgIpc) is 3.66. The van der Waals surface area contributed by atoms with Crippen LogP contribution in [0.25, 0.3) is 0 Å². The molecule has 0 aromatic heterocycles. The number of carboxylic acids is 1. The van der Waals surface area contributed by atoms with E-state index in [0.29, 0.717) is 51.4 Å². The highest BCUT2D eigenvalue weighted by Gasteiger charge is 2.48. The van der Waals surface area contributed by atoms with Crippen LogP contribution in [0.1, 0.15) is 182 Å². The van der Waals surface area contributed by atoms with Crippen molar-refractivity contribution in [3.63, 3.8) is 0 Å². The summed E-state index contributed by atoms with van der Waals surface area (Å²) in [6.07, 6.45) is -30.3. The summed E-state index contributed by atoms with van der Waals surface area (Å²) in [5.74, 6) is -4.12. The molecule has 0 amide bonds. The Balaban J connectivity index is 2.01. The van der Waals surface area contributed by atoms with E-state index < -0.39 is 210 Å². The van der Waals surface area contributed by atoms with Crippen LogP contribution in [0.4, 0.5) is 0 Å².